The number of unbranched alkanes of at least 4 members (excludes halogenated alkanes) is 8. The van der Waals surface area contributed by atoms with Gasteiger partial charge in [-0.3, -0.25) is 0 Å². The zero-order chi connectivity index (χ0) is 14.5. The fourth-order valence-electron chi connectivity index (χ4n) is 2.22. The van der Waals surface area contributed by atoms with Gasteiger partial charge in [-0.25, -0.2) is 4.85 Å². The second-order valence-corrected chi connectivity index (χ2v) is 5.28. The molecule has 0 spiro atoms. The summed E-state index contributed by atoms with van der Waals surface area (Å²) in [7, 11) is 0. The van der Waals surface area contributed by atoms with E-state index in [1.807, 2.05) is 12.1 Å². The summed E-state index contributed by atoms with van der Waals surface area (Å²) in [6, 6.07) is 7.36. The van der Waals surface area contributed by atoms with Crippen LogP contribution in [0.4, 0.5) is 5.69 Å². The van der Waals surface area contributed by atoms with Crippen LogP contribution in [0.1, 0.15) is 64.7 Å². The molecule has 20 heavy (non-hydrogen) atoms. The molecule has 1 aromatic rings. The van der Waals surface area contributed by atoms with Crippen LogP contribution in [0.15, 0.2) is 24.3 Å². The van der Waals surface area contributed by atoms with Crippen LogP contribution in [0.3, 0.4) is 0 Å². The number of hydrogen-bond acceptors (Lipinski definition) is 1. The summed E-state index contributed by atoms with van der Waals surface area (Å²) in [5.41, 5.74) is 0.667. The molecule has 0 aliphatic carbocycles. The van der Waals surface area contributed by atoms with Crippen LogP contribution in [-0.4, -0.2) is 6.61 Å². The summed E-state index contributed by atoms with van der Waals surface area (Å²) < 4.78 is 5.66. The molecule has 2 heteroatoms. The molecule has 0 fully saturated rings. The van der Waals surface area contributed by atoms with Gasteiger partial charge in [0.15, 0.2) is 5.69 Å². The Morgan fingerprint density at radius 3 is 1.95 bits per heavy atom. The first-order valence-corrected chi connectivity index (χ1v) is 7.97. The van der Waals surface area contributed by atoms with Crippen molar-refractivity contribution < 1.29 is 4.74 Å². The molecule has 0 aliphatic heterocycles. The van der Waals surface area contributed by atoms with Gasteiger partial charge in [0.1, 0.15) is 5.75 Å². The minimum absolute atomic E-state index is 0.667. The van der Waals surface area contributed by atoms with Gasteiger partial charge in [0, 0.05) is 0 Å². The molecular formula is C18H27NO. The Morgan fingerprint density at radius 1 is 0.850 bits per heavy atom. The smallest absolute Gasteiger partial charge is 0.187 e. The highest BCUT2D eigenvalue weighted by Crippen LogP contribution is 2.18. The molecule has 0 bridgehead atoms. The van der Waals surface area contributed by atoms with Crippen molar-refractivity contribution in [1.29, 1.82) is 0 Å². The van der Waals surface area contributed by atoms with E-state index >= 15 is 0 Å². The lowest BCUT2D eigenvalue weighted by molar-refractivity contribution is 0.304. The molecule has 0 amide bonds. The van der Waals surface area contributed by atoms with Crippen molar-refractivity contribution in [3.8, 4) is 5.75 Å². The van der Waals surface area contributed by atoms with Crippen LogP contribution < -0.4 is 4.74 Å². The Labute approximate surface area is 124 Å². The largest absolute Gasteiger partial charge is 0.494 e. The highest BCUT2D eigenvalue weighted by molar-refractivity contribution is 5.46. The van der Waals surface area contributed by atoms with Crippen molar-refractivity contribution in [3.63, 3.8) is 0 Å². The van der Waals surface area contributed by atoms with E-state index < -0.39 is 0 Å². The Bertz CT molecular complexity index is 377. The lowest BCUT2D eigenvalue weighted by Gasteiger charge is -2.06. The Balaban J connectivity index is 1.93. The normalized spacial score (nSPS) is 10.2. The van der Waals surface area contributed by atoms with Gasteiger partial charge >= 0.3 is 0 Å². The highest BCUT2D eigenvalue weighted by Gasteiger charge is 1.95. The Hall–Kier alpha value is -1.49. The van der Waals surface area contributed by atoms with Gasteiger partial charge in [-0.15, -0.1) is 0 Å². The summed E-state index contributed by atoms with van der Waals surface area (Å²) in [4.78, 5) is 3.36. The van der Waals surface area contributed by atoms with Gasteiger partial charge in [0.2, 0.25) is 0 Å². The van der Waals surface area contributed by atoms with Gasteiger partial charge in [0.05, 0.1) is 13.2 Å². The van der Waals surface area contributed by atoms with E-state index in [-0.39, 0.29) is 0 Å². The number of hydrogen-bond donors (Lipinski definition) is 0. The van der Waals surface area contributed by atoms with Crippen molar-refractivity contribution in [3.05, 3.63) is 35.7 Å². The van der Waals surface area contributed by atoms with E-state index in [4.69, 9.17) is 11.3 Å². The van der Waals surface area contributed by atoms with Crippen LogP contribution in [0, 0.1) is 6.57 Å². The second kappa shape index (κ2) is 11.3. The predicted molar refractivity (Wildman–Crippen MR) is 85.4 cm³/mol. The van der Waals surface area contributed by atoms with E-state index in [0.717, 1.165) is 18.8 Å². The molecule has 0 saturated heterocycles. The van der Waals surface area contributed by atoms with E-state index in [9.17, 15) is 0 Å². The fourth-order valence-corrected chi connectivity index (χ4v) is 2.22. The molecule has 0 heterocycles. The minimum Gasteiger partial charge on any atom is -0.494 e. The van der Waals surface area contributed by atoms with E-state index in [0.29, 0.717) is 5.69 Å². The quantitative estimate of drug-likeness (QED) is 0.348. The molecule has 0 unspecified atom stereocenters. The van der Waals surface area contributed by atoms with Crippen LogP contribution >= 0.6 is 0 Å². The summed E-state index contributed by atoms with van der Waals surface area (Å²) in [5, 5.41) is 0. The third-order valence-corrected chi connectivity index (χ3v) is 3.48. The average molecular weight is 273 g/mol. The molecule has 110 valence electrons. The molecule has 0 aliphatic rings. The summed E-state index contributed by atoms with van der Waals surface area (Å²) in [6.45, 7) is 9.93. The van der Waals surface area contributed by atoms with Gasteiger partial charge in [-0.2, -0.15) is 0 Å². The zero-order valence-corrected chi connectivity index (χ0v) is 12.7. The molecular weight excluding hydrogens is 246 g/mol. The fraction of sp³-hybridized carbons (Fsp3) is 0.611. The van der Waals surface area contributed by atoms with Crippen molar-refractivity contribution in [2.45, 2.75) is 64.7 Å². The molecule has 0 atom stereocenters. The molecule has 1 aromatic carbocycles. The minimum atomic E-state index is 0.667. The molecule has 2 nitrogen and oxygen atoms in total. The third kappa shape index (κ3) is 7.84. The molecule has 0 aromatic heterocycles. The zero-order valence-electron chi connectivity index (χ0n) is 12.7. The Morgan fingerprint density at radius 2 is 1.40 bits per heavy atom. The number of benzene rings is 1. The average Bonchev–Trinajstić information content (AvgIpc) is 2.50. The van der Waals surface area contributed by atoms with Gasteiger partial charge in [0.25, 0.3) is 0 Å². The van der Waals surface area contributed by atoms with Crippen LogP contribution in [0.2, 0.25) is 0 Å². The molecule has 1 rings (SSSR count). The third-order valence-electron chi connectivity index (χ3n) is 3.48. The summed E-state index contributed by atoms with van der Waals surface area (Å²) in [6.07, 6.45) is 12.0. The maximum absolute atomic E-state index is 6.88. The van der Waals surface area contributed by atoms with Crippen LogP contribution in [0.25, 0.3) is 4.85 Å². The van der Waals surface area contributed by atoms with Crippen LogP contribution in [0.5, 0.6) is 5.75 Å². The lowest BCUT2D eigenvalue weighted by Crippen LogP contribution is -1.96. The first-order chi connectivity index (χ1) is 9.86. The number of ether oxygens (including phenoxy) is 1. The first kappa shape index (κ1) is 16.6. The van der Waals surface area contributed by atoms with Crippen LogP contribution in [-0.2, 0) is 0 Å². The standard InChI is InChI=1S/C18H27NO/c1-3-4-5-6-7-8-9-10-11-16-20-18-14-12-17(19-2)13-15-18/h12-15H,3-11,16H2,1H3. The monoisotopic (exact) mass is 273 g/mol. The first-order valence-electron chi connectivity index (χ1n) is 7.97. The SMILES string of the molecule is [C-]#[N+]c1ccc(OCCCCCCCCCCC)cc1. The second-order valence-electron chi connectivity index (χ2n) is 5.28. The van der Waals surface area contributed by atoms with Crippen molar-refractivity contribution in [2.24, 2.45) is 0 Å². The number of nitrogens with zero attached hydrogens (tertiary/aromatic N) is 1. The number of rotatable bonds is 11. The van der Waals surface area contributed by atoms with E-state index in [2.05, 4.69) is 11.8 Å². The maximum atomic E-state index is 6.88. The van der Waals surface area contributed by atoms with E-state index in [1.165, 1.54) is 51.4 Å². The molecule has 0 radical (unpaired) electrons. The van der Waals surface area contributed by atoms with Gasteiger partial charge in [-0.1, -0.05) is 70.4 Å². The van der Waals surface area contributed by atoms with Crippen molar-refractivity contribution >= 4 is 5.69 Å². The van der Waals surface area contributed by atoms with Gasteiger partial charge < -0.3 is 4.74 Å². The van der Waals surface area contributed by atoms with E-state index in [1.54, 1.807) is 12.1 Å². The summed E-state index contributed by atoms with van der Waals surface area (Å²) >= 11 is 0. The molecule has 0 saturated carbocycles. The summed E-state index contributed by atoms with van der Waals surface area (Å²) in [5.74, 6) is 0.872. The van der Waals surface area contributed by atoms with Gasteiger partial charge in [-0.05, 0) is 18.6 Å². The maximum Gasteiger partial charge on any atom is 0.187 e. The lowest BCUT2D eigenvalue weighted by atomic mass is 10.1. The Kier molecular flexibility index (Phi) is 9.40. The topological polar surface area (TPSA) is 13.6 Å². The highest BCUT2D eigenvalue weighted by atomic mass is 16.5. The van der Waals surface area contributed by atoms with Crippen molar-refractivity contribution in [2.75, 3.05) is 6.61 Å². The predicted octanol–water partition coefficient (Wildman–Crippen LogP) is 6.15. The van der Waals surface area contributed by atoms with Crippen molar-refractivity contribution in [1.82, 2.24) is 0 Å². The molecule has 0 N–H and O–H groups in total.